The highest BCUT2D eigenvalue weighted by Crippen LogP contribution is 2.22. The van der Waals surface area contributed by atoms with Crippen LogP contribution in [0.5, 0.6) is 0 Å². The largest absolute Gasteiger partial charge is 0.393 e. The van der Waals surface area contributed by atoms with Gasteiger partial charge in [0.25, 0.3) is 0 Å². The van der Waals surface area contributed by atoms with E-state index in [9.17, 15) is 9.50 Å². The van der Waals surface area contributed by atoms with Crippen LogP contribution in [0.4, 0.5) is 10.1 Å². The summed E-state index contributed by atoms with van der Waals surface area (Å²) in [6, 6.07) is 6.43. The van der Waals surface area contributed by atoms with Crippen LogP contribution in [0.25, 0.3) is 0 Å². The van der Waals surface area contributed by atoms with Crippen LogP contribution in [0.1, 0.15) is 18.4 Å². The van der Waals surface area contributed by atoms with E-state index in [-0.39, 0.29) is 11.7 Å². The lowest BCUT2D eigenvalue weighted by atomic mass is 10.1. The van der Waals surface area contributed by atoms with E-state index in [0.717, 1.165) is 18.8 Å². The highest BCUT2D eigenvalue weighted by molar-refractivity contribution is 5.50. The third kappa shape index (κ3) is 2.15. The molecule has 0 aliphatic carbocycles. The van der Waals surface area contributed by atoms with Gasteiger partial charge in [-0.05, 0) is 31.0 Å². The lowest BCUT2D eigenvalue weighted by molar-refractivity contribution is 0.145. The van der Waals surface area contributed by atoms with E-state index in [1.54, 1.807) is 12.1 Å². The number of hydrogen-bond donors (Lipinski definition) is 1. The predicted octanol–water partition coefficient (Wildman–Crippen LogP) is 1.66. The number of anilines is 1. The second-order valence-corrected chi connectivity index (χ2v) is 3.99. The number of benzene rings is 1. The number of aliphatic hydroxyl groups excluding tert-OH is 1. The zero-order valence-electron chi connectivity index (χ0n) is 8.86. The van der Waals surface area contributed by atoms with Crippen molar-refractivity contribution in [1.29, 1.82) is 5.26 Å². The van der Waals surface area contributed by atoms with Crippen LogP contribution < -0.4 is 4.90 Å². The SMILES string of the molecule is N#Cc1ccc(N2CCC(O)CC2)cc1F. The number of rotatable bonds is 1. The summed E-state index contributed by atoms with van der Waals surface area (Å²) < 4.78 is 13.4. The third-order valence-corrected chi connectivity index (χ3v) is 2.90. The minimum atomic E-state index is -0.480. The first-order chi connectivity index (χ1) is 7.70. The highest BCUT2D eigenvalue weighted by Gasteiger charge is 2.17. The van der Waals surface area contributed by atoms with Crippen LogP contribution in [0.15, 0.2) is 18.2 Å². The maximum Gasteiger partial charge on any atom is 0.143 e. The van der Waals surface area contributed by atoms with Gasteiger partial charge in [-0.25, -0.2) is 4.39 Å². The summed E-state index contributed by atoms with van der Waals surface area (Å²) in [5.41, 5.74) is 0.851. The minimum Gasteiger partial charge on any atom is -0.393 e. The maximum absolute atomic E-state index is 13.4. The van der Waals surface area contributed by atoms with Crippen molar-refractivity contribution in [2.45, 2.75) is 18.9 Å². The van der Waals surface area contributed by atoms with Crippen molar-refractivity contribution in [2.75, 3.05) is 18.0 Å². The van der Waals surface area contributed by atoms with Gasteiger partial charge >= 0.3 is 0 Å². The molecule has 16 heavy (non-hydrogen) atoms. The quantitative estimate of drug-likeness (QED) is 0.783. The standard InChI is InChI=1S/C12H13FN2O/c13-12-7-10(2-1-9(12)8-14)15-5-3-11(16)4-6-15/h1-2,7,11,16H,3-6H2. The Balaban J connectivity index is 2.16. The summed E-state index contributed by atoms with van der Waals surface area (Å²) in [5, 5.41) is 18.0. The Kier molecular flexibility index (Phi) is 3.07. The van der Waals surface area contributed by atoms with E-state index >= 15 is 0 Å². The zero-order chi connectivity index (χ0) is 11.5. The van der Waals surface area contributed by atoms with Crippen molar-refractivity contribution in [3.05, 3.63) is 29.6 Å². The Morgan fingerprint density at radius 3 is 2.62 bits per heavy atom. The number of hydrogen-bond acceptors (Lipinski definition) is 3. The molecule has 3 nitrogen and oxygen atoms in total. The monoisotopic (exact) mass is 220 g/mol. The number of nitriles is 1. The molecule has 0 unspecified atom stereocenters. The van der Waals surface area contributed by atoms with Crippen molar-refractivity contribution < 1.29 is 9.50 Å². The normalized spacial score (nSPS) is 17.2. The van der Waals surface area contributed by atoms with Crippen LogP contribution in [0.3, 0.4) is 0 Å². The molecule has 2 rings (SSSR count). The van der Waals surface area contributed by atoms with Gasteiger partial charge < -0.3 is 10.0 Å². The second kappa shape index (κ2) is 4.50. The fraction of sp³-hybridized carbons (Fsp3) is 0.417. The van der Waals surface area contributed by atoms with E-state index in [1.165, 1.54) is 12.1 Å². The molecule has 0 atom stereocenters. The molecule has 1 aliphatic heterocycles. The molecule has 0 aromatic heterocycles. The van der Waals surface area contributed by atoms with Crippen molar-refractivity contribution >= 4 is 5.69 Å². The Bertz CT molecular complexity index is 420. The van der Waals surface area contributed by atoms with Gasteiger partial charge in [0.2, 0.25) is 0 Å². The van der Waals surface area contributed by atoms with Crippen molar-refractivity contribution in [1.82, 2.24) is 0 Å². The fourth-order valence-corrected chi connectivity index (χ4v) is 1.92. The van der Waals surface area contributed by atoms with E-state index in [1.807, 2.05) is 4.90 Å². The van der Waals surface area contributed by atoms with Gasteiger partial charge in [-0.15, -0.1) is 0 Å². The molecule has 1 aromatic carbocycles. The molecule has 1 aromatic rings. The average Bonchev–Trinajstić information content (AvgIpc) is 2.30. The van der Waals surface area contributed by atoms with E-state index in [2.05, 4.69) is 0 Å². The molecule has 4 heteroatoms. The maximum atomic E-state index is 13.4. The van der Waals surface area contributed by atoms with Gasteiger partial charge in [-0.3, -0.25) is 0 Å². The summed E-state index contributed by atoms with van der Waals surface area (Å²) in [4.78, 5) is 2.02. The smallest absolute Gasteiger partial charge is 0.143 e. The number of nitrogens with zero attached hydrogens (tertiary/aromatic N) is 2. The molecular formula is C12H13FN2O. The molecule has 1 aliphatic rings. The molecule has 84 valence electrons. The third-order valence-electron chi connectivity index (χ3n) is 2.90. The zero-order valence-corrected chi connectivity index (χ0v) is 8.86. The number of piperidine rings is 1. The average molecular weight is 220 g/mol. The first-order valence-corrected chi connectivity index (χ1v) is 5.33. The summed E-state index contributed by atoms with van der Waals surface area (Å²) >= 11 is 0. The molecule has 0 amide bonds. The highest BCUT2D eigenvalue weighted by atomic mass is 19.1. The molecule has 1 heterocycles. The predicted molar refractivity (Wildman–Crippen MR) is 58.6 cm³/mol. The Morgan fingerprint density at radius 2 is 2.06 bits per heavy atom. The van der Waals surface area contributed by atoms with Crippen molar-refractivity contribution in [3.8, 4) is 6.07 Å². The van der Waals surface area contributed by atoms with Crippen LogP contribution in [-0.4, -0.2) is 24.3 Å². The Hall–Kier alpha value is -1.60. The van der Waals surface area contributed by atoms with Crippen LogP contribution in [-0.2, 0) is 0 Å². The minimum absolute atomic E-state index is 0.0702. The lowest BCUT2D eigenvalue weighted by Gasteiger charge is -2.31. The van der Waals surface area contributed by atoms with Crippen LogP contribution in [0, 0.1) is 17.1 Å². The molecule has 0 radical (unpaired) electrons. The molecule has 1 N–H and O–H groups in total. The van der Waals surface area contributed by atoms with Crippen molar-refractivity contribution in [2.24, 2.45) is 0 Å². The first kappa shape index (κ1) is 10.9. The molecular weight excluding hydrogens is 207 g/mol. The van der Waals surface area contributed by atoms with Crippen LogP contribution >= 0.6 is 0 Å². The Labute approximate surface area is 93.7 Å². The van der Waals surface area contributed by atoms with Gasteiger partial charge in [-0.2, -0.15) is 5.26 Å². The molecule has 0 bridgehead atoms. The van der Waals surface area contributed by atoms with Gasteiger partial charge in [0.15, 0.2) is 0 Å². The number of halogens is 1. The van der Waals surface area contributed by atoms with E-state index in [4.69, 9.17) is 5.26 Å². The molecule has 1 fully saturated rings. The van der Waals surface area contributed by atoms with Gasteiger partial charge in [0.05, 0.1) is 11.7 Å². The molecule has 0 saturated carbocycles. The summed E-state index contributed by atoms with van der Waals surface area (Å²) in [6.07, 6.45) is 1.18. The van der Waals surface area contributed by atoms with Gasteiger partial charge in [0.1, 0.15) is 11.9 Å². The number of aliphatic hydroxyl groups is 1. The van der Waals surface area contributed by atoms with Gasteiger partial charge in [0, 0.05) is 18.8 Å². The second-order valence-electron chi connectivity index (χ2n) is 3.99. The van der Waals surface area contributed by atoms with Gasteiger partial charge in [-0.1, -0.05) is 0 Å². The topological polar surface area (TPSA) is 47.3 Å². The van der Waals surface area contributed by atoms with Crippen molar-refractivity contribution in [3.63, 3.8) is 0 Å². The Morgan fingerprint density at radius 1 is 1.38 bits per heavy atom. The lowest BCUT2D eigenvalue weighted by Crippen LogP contribution is -2.35. The van der Waals surface area contributed by atoms with E-state index in [0.29, 0.717) is 12.8 Å². The summed E-state index contributed by atoms with van der Waals surface area (Å²) in [7, 11) is 0. The summed E-state index contributed by atoms with van der Waals surface area (Å²) in [6.45, 7) is 1.46. The first-order valence-electron chi connectivity index (χ1n) is 5.33. The molecule has 0 spiro atoms. The van der Waals surface area contributed by atoms with E-state index < -0.39 is 5.82 Å². The van der Waals surface area contributed by atoms with Crippen LogP contribution in [0.2, 0.25) is 0 Å². The summed E-state index contributed by atoms with van der Waals surface area (Å²) in [5.74, 6) is -0.480. The molecule has 1 saturated heterocycles. The fourth-order valence-electron chi connectivity index (χ4n) is 1.92.